The molecule has 0 spiro atoms. The van der Waals surface area contributed by atoms with Crippen LogP contribution in [0.2, 0.25) is 0 Å². The van der Waals surface area contributed by atoms with Gasteiger partial charge in [0.2, 0.25) is 0 Å². The Morgan fingerprint density at radius 1 is 1.53 bits per heavy atom. The first kappa shape index (κ1) is 14.5. The number of hydrogen-bond acceptors (Lipinski definition) is 4. The van der Waals surface area contributed by atoms with Crippen molar-refractivity contribution in [1.29, 1.82) is 0 Å². The number of hydrogen-bond donors (Lipinski definition) is 0. The number of carbonyl (C=O) groups is 1. The van der Waals surface area contributed by atoms with Gasteiger partial charge in [-0.05, 0) is 27.2 Å². The highest BCUT2D eigenvalue weighted by molar-refractivity contribution is 5.70. The van der Waals surface area contributed by atoms with E-state index in [1.165, 1.54) is 0 Å². The normalized spacial score (nSPS) is 27.8. The van der Waals surface area contributed by atoms with E-state index < -0.39 is 0 Å². The van der Waals surface area contributed by atoms with Gasteiger partial charge in [-0.25, -0.2) is 0 Å². The molecular formula is C13H25NO3. The second kappa shape index (κ2) is 6.97. The van der Waals surface area contributed by atoms with Crippen LogP contribution in [0.15, 0.2) is 0 Å². The zero-order valence-corrected chi connectivity index (χ0v) is 11.4. The number of morpholine rings is 1. The van der Waals surface area contributed by atoms with E-state index in [1.807, 2.05) is 6.92 Å². The average Bonchev–Trinajstić information content (AvgIpc) is 2.29. The third-order valence-electron chi connectivity index (χ3n) is 3.31. The molecule has 0 aromatic heterocycles. The fourth-order valence-corrected chi connectivity index (χ4v) is 2.34. The Morgan fingerprint density at radius 2 is 2.24 bits per heavy atom. The molecule has 0 radical (unpaired) electrons. The Kier molecular flexibility index (Phi) is 5.92. The molecule has 1 heterocycles. The standard InChI is InChI=1S/C13H25NO3/c1-5-12-9-17-11(4)8-14(12)10(3)7-13(15)16-6-2/h10-12H,5-9H2,1-4H3. The van der Waals surface area contributed by atoms with Gasteiger partial charge in [-0.3, -0.25) is 9.69 Å². The molecule has 1 saturated heterocycles. The third-order valence-corrected chi connectivity index (χ3v) is 3.31. The highest BCUT2D eigenvalue weighted by Gasteiger charge is 2.30. The van der Waals surface area contributed by atoms with Gasteiger partial charge in [0.25, 0.3) is 0 Å². The highest BCUT2D eigenvalue weighted by Crippen LogP contribution is 2.19. The SMILES string of the molecule is CCOC(=O)CC(C)N1CC(C)OCC1CC. The number of carbonyl (C=O) groups excluding carboxylic acids is 1. The van der Waals surface area contributed by atoms with Crippen molar-refractivity contribution >= 4 is 5.97 Å². The molecular weight excluding hydrogens is 218 g/mol. The molecule has 0 saturated carbocycles. The van der Waals surface area contributed by atoms with Crippen LogP contribution in [-0.4, -0.2) is 48.8 Å². The Bertz CT molecular complexity index is 245. The van der Waals surface area contributed by atoms with Crippen molar-refractivity contribution < 1.29 is 14.3 Å². The maximum atomic E-state index is 11.5. The van der Waals surface area contributed by atoms with Crippen LogP contribution < -0.4 is 0 Å². The van der Waals surface area contributed by atoms with Gasteiger partial charge in [-0.2, -0.15) is 0 Å². The number of nitrogens with zero attached hydrogens (tertiary/aromatic N) is 1. The number of ether oxygens (including phenoxy) is 2. The average molecular weight is 243 g/mol. The van der Waals surface area contributed by atoms with Crippen LogP contribution in [0.1, 0.15) is 40.5 Å². The quantitative estimate of drug-likeness (QED) is 0.691. The molecule has 100 valence electrons. The van der Waals surface area contributed by atoms with Crippen molar-refractivity contribution in [2.75, 3.05) is 19.8 Å². The lowest BCUT2D eigenvalue weighted by atomic mass is 10.1. The molecule has 1 rings (SSSR count). The molecule has 0 N–H and O–H groups in total. The van der Waals surface area contributed by atoms with E-state index in [9.17, 15) is 4.79 Å². The Hall–Kier alpha value is -0.610. The molecule has 0 amide bonds. The first-order chi connectivity index (χ1) is 8.08. The summed E-state index contributed by atoms with van der Waals surface area (Å²) in [6.07, 6.45) is 1.78. The summed E-state index contributed by atoms with van der Waals surface area (Å²) in [5.41, 5.74) is 0. The summed E-state index contributed by atoms with van der Waals surface area (Å²) >= 11 is 0. The molecule has 0 bridgehead atoms. The monoisotopic (exact) mass is 243 g/mol. The van der Waals surface area contributed by atoms with Crippen LogP contribution in [-0.2, 0) is 14.3 Å². The first-order valence-electron chi connectivity index (χ1n) is 6.61. The topological polar surface area (TPSA) is 38.8 Å². The minimum Gasteiger partial charge on any atom is -0.466 e. The molecule has 3 unspecified atom stereocenters. The maximum absolute atomic E-state index is 11.5. The summed E-state index contributed by atoms with van der Waals surface area (Å²) in [7, 11) is 0. The molecule has 17 heavy (non-hydrogen) atoms. The molecule has 4 heteroatoms. The van der Waals surface area contributed by atoms with E-state index in [1.54, 1.807) is 0 Å². The summed E-state index contributed by atoms with van der Waals surface area (Å²) < 4.78 is 10.7. The van der Waals surface area contributed by atoms with E-state index in [2.05, 4.69) is 25.7 Å². The molecule has 4 nitrogen and oxygen atoms in total. The van der Waals surface area contributed by atoms with Gasteiger partial charge in [-0.15, -0.1) is 0 Å². The summed E-state index contributed by atoms with van der Waals surface area (Å²) in [6.45, 7) is 10.3. The van der Waals surface area contributed by atoms with Crippen LogP contribution in [0.5, 0.6) is 0 Å². The fourth-order valence-electron chi connectivity index (χ4n) is 2.34. The second-order valence-electron chi connectivity index (χ2n) is 4.76. The van der Waals surface area contributed by atoms with Crippen LogP contribution in [0.4, 0.5) is 0 Å². The van der Waals surface area contributed by atoms with Crippen molar-refractivity contribution in [2.24, 2.45) is 0 Å². The number of esters is 1. The predicted molar refractivity (Wildman–Crippen MR) is 66.9 cm³/mol. The minimum absolute atomic E-state index is 0.103. The Labute approximate surface area is 104 Å². The minimum atomic E-state index is -0.103. The molecule has 1 aliphatic heterocycles. The van der Waals surface area contributed by atoms with Crippen molar-refractivity contribution in [3.63, 3.8) is 0 Å². The lowest BCUT2D eigenvalue weighted by Crippen LogP contribution is -2.52. The zero-order chi connectivity index (χ0) is 12.8. The van der Waals surface area contributed by atoms with Gasteiger partial charge in [-0.1, -0.05) is 6.92 Å². The van der Waals surface area contributed by atoms with Crippen LogP contribution in [0.3, 0.4) is 0 Å². The van der Waals surface area contributed by atoms with Gasteiger partial charge < -0.3 is 9.47 Å². The summed E-state index contributed by atoms with van der Waals surface area (Å²) in [5, 5.41) is 0. The van der Waals surface area contributed by atoms with Crippen molar-refractivity contribution in [1.82, 2.24) is 4.90 Å². The van der Waals surface area contributed by atoms with Crippen molar-refractivity contribution in [3.05, 3.63) is 0 Å². The second-order valence-corrected chi connectivity index (χ2v) is 4.76. The highest BCUT2D eigenvalue weighted by atomic mass is 16.5. The van der Waals surface area contributed by atoms with Crippen molar-refractivity contribution in [3.8, 4) is 0 Å². The number of rotatable bonds is 5. The summed E-state index contributed by atoms with van der Waals surface area (Å²) in [5.74, 6) is -0.103. The van der Waals surface area contributed by atoms with E-state index in [0.29, 0.717) is 19.1 Å². The maximum Gasteiger partial charge on any atom is 0.307 e. The lowest BCUT2D eigenvalue weighted by molar-refractivity contribution is -0.146. The third kappa shape index (κ3) is 4.28. The van der Waals surface area contributed by atoms with Crippen LogP contribution in [0.25, 0.3) is 0 Å². The van der Waals surface area contributed by atoms with E-state index >= 15 is 0 Å². The molecule has 1 fully saturated rings. The zero-order valence-electron chi connectivity index (χ0n) is 11.4. The van der Waals surface area contributed by atoms with E-state index in [-0.39, 0.29) is 18.1 Å². The van der Waals surface area contributed by atoms with Gasteiger partial charge in [0.05, 0.1) is 25.7 Å². The Balaban J connectivity index is 2.51. The lowest BCUT2D eigenvalue weighted by Gasteiger charge is -2.41. The summed E-state index contributed by atoms with van der Waals surface area (Å²) in [6, 6.07) is 0.654. The van der Waals surface area contributed by atoms with E-state index in [4.69, 9.17) is 9.47 Å². The smallest absolute Gasteiger partial charge is 0.307 e. The van der Waals surface area contributed by atoms with Crippen molar-refractivity contribution in [2.45, 2.75) is 58.7 Å². The summed E-state index contributed by atoms with van der Waals surface area (Å²) in [4.78, 5) is 13.9. The fraction of sp³-hybridized carbons (Fsp3) is 0.923. The van der Waals surface area contributed by atoms with E-state index in [0.717, 1.165) is 19.6 Å². The molecule has 0 aromatic rings. The Morgan fingerprint density at radius 3 is 2.82 bits per heavy atom. The van der Waals surface area contributed by atoms with Gasteiger partial charge >= 0.3 is 5.97 Å². The predicted octanol–water partition coefficient (Wildman–Crippen LogP) is 1.83. The van der Waals surface area contributed by atoms with Gasteiger partial charge in [0, 0.05) is 18.6 Å². The van der Waals surface area contributed by atoms with Crippen LogP contribution in [0, 0.1) is 0 Å². The van der Waals surface area contributed by atoms with Gasteiger partial charge in [0.1, 0.15) is 0 Å². The molecule has 0 aromatic carbocycles. The van der Waals surface area contributed by atoms with Gasteiger partial charge in [0.15, 0.2) is 0 Å². The molecule has 1 aliphatic rings. The van der Waals surface area contributed by atoms with Crippen LogP contribution >= 0.6 is 0 Å². The first-order valence-corrected chi connectivity index (χ1v) is 6.61. The molecule has 0 aliphatic carbocycles. The largest absolute Gasteiger partial charge is 0.466 e. The molecule has 3 atom stereocenters.